The largest absolute Gasteiger partial charge is 0.331 e. The summed E-state index contributed by atoms with van der Waals surface area (Å²) in [6, 6.07) is -0.455. The second-order valence-electron chi connectivity index (χ2n) is 4.16. The molecule has 6 nitrogen and oxygen atoms in total. The SMILES string of the molecule is CC(C)(C)c1nnc(NC(=O)NCC=O)s1. The highest BCUT2D eigenvalue weighted by Gasteiger charge is 2.19. The standard InChI is InChI=1S/C9H14N4O2S/c1-9(2,3)6-12-13-8(16-6)11-7(15)10-4-5-14/h5H,4H2,1-3H3,(H2,10,11,13,15). The van der Waals surface area contributed by atoms with Crippen molar-refractivity contribution in [2.24, 2.45) is 0 Å². The van der Waals surface area contributed by atoms with Gasteiger partial charge in [0.1, 0.15) is 11.3 Å². The van der Waals surface area contributed by atoms with E-state index in [9.17, 15) is 9.59 Å². The summed E-state index contributed by atoms with van der Waals surface area (Å²) < 4.78 is 0. The van der Waals surface area contributed by atoms with Gasteiger partial charge in [-0.2, -0.15) is 0 Å². The molecule has 2 N–H and O–H groups in total. The van der Waals surface area contributed by atoms with Crippen molar-refractivity contribution in [1.82, 2.24) is 15.5 Å². The first kappa shape index (κ1) is 12.6. The minimum absolute atomic E-state index is 0.0171. The molecule has 0 unspecified atom stereocenters. The van der Waals surface area contributed by atoms with Crippen LogP contribution in [0.15, 0.2) is 0 Å². The third-order valence-corrected chi connectivity index (χ3v) is 2.90. The van der Waals surface area contributed by atoms with Gasteiger partial charge in [0.15, 0.2) is 0 Å². The summed E-state index contributed by atoms with van der Waals surface area (Å²) in [5, 5.41) is 13.9. The molecule has 1 heterocycles. The Hall–Kier alpha value is -1.50. The number of nitrogens with one attached hydrogen (secondary N) is 2. The molecular weight excluding hydrogens is 228 g/mol. The average molecular weight is 242 g/mol. The maximum Gasteiger partial charge on any atom is 0.321 e. The number of nitrogens with zero attached hydrogens (tertiary/aromatic N) is 2. The second kappa shape index (κ2) is 5.02. The summed E-state index contributed by atoms with van der Waals surface area (Å²) in [6.07, 6.45) is 0.611. The van der Waals surface area contributed by atoms with Crippen molar-refractivity contribution in [1.29, 1.82) is 0 Å². The van der Waals surface area contributed by atoms with E-state index in [0.717, 1.165) is 5.01 Å². The summed E-state index contributed by atoms with van der Waals surface area (Å²) in [7, 11) is 0. The lowest BCUT2D eigenvalue weighted by molar-refractivity contribution is -0.107. The van der Waals surface area contributed by atoms with Crippen molar-refractivity contribution in [2.45, 2.75) is 26.2 Å². The smallest absolute Gasteiger partial charge is 0.321 e. The van der Waals surface area contributed by atoms with Crippen LogP contribution in [0, 0.1) is 0 Å². The molecule has 0 aliphatic carbocycles. The lowest BCUT2D eigenvalue weighted by Gasteiger charge is -2.12. The Labute approximate surface area is 97.5 Å². The van der Waals surface area contributed by atoms with Crippen molar-refractivity contribution >= 4 is 28.8 Å². The van der Waals surface area contributed by atoms with Crippen molar-refractivity contribution in [3.05, 3.63) is 5.01 Å². The molecule has 88 valence electrons. The molecule has 0 fully saturated rings. The lowest BCUT2D eigenvalue weighted by atomic mass is 9.98. The van der Waals surface area contributed by atoms with Gasteiger partial charge < -0.3 is 10.1 Å². The van der Waals surface area contributed by atoms with Crippen LogP contribution in [0.3, 0.4) is 0 Å². The van der Waals surface area contributed by atoms with E-state index in [4.69, 9.17) is 0 Å². The lowest BCUT2D eigenvalue weighted by Crippen LogP contribution is -2.29. The molecule has 1 aromatic heterocycles. The third-order valence-electron chi connectivity index (χ3n) is 1.63. The number of rotatable bonds is 3. The van der Waals surface area contributed by atoms with Crippen molar-refractivity contribution in [3.8, 4) is 0 Å². The summed E-state index contributed by atoms with van der Waals surface area (Å²) in [4.78, 5) is 21.2. The minimum Gasteiger partial charge on any atom is -0.331 e. The Kier molecular flexibility index (Phi) is 3.94. The van der Waals surface area contributed by atoms with Gasteiger partial charge in [-0.1, -0.05) is 32.1 Å². The fourth-order valence-electron chi connectivity index (χ4n) is 0.853. The van der Waals surface area contributed by atoms with Crippen molar-refractivity contribution in [2.75, 3.05) is 11.9 Å². The fourth-order valence-corrected chi connectivity index (χ4v) is 1.65. The summed E-state index contributed by atoms with van der Waals surface area (Å²) in [6.45, 7) is 6.04. The highest BCUT2D eigenvalue weighted by Crippen LogP contribution is 2.27. The van der Waals surface area contributed by atoms with Gasteiger partial charge in [-0.05, 0) is 0 Å². The number of amides is 2. The summed E-state index contributed by atoms with van der Waals surface area (Å²) >= 11 is 1.32. The Morgan fingerprint density at radius 1 is 1.44 bits per heavy atom. The predicted molar refractivity (Wildman–Crippen MR) is 61.7 cm³/mol. The van der Waals surface area contributed by atoms with Crippen LogP contribution >= 0.6 is 11.3 Å². The van der Waals surface area contributed by atoms with Gasteiger partial charge in [-0.15, -0.1) is 10.2 Å². The van der Waals surface area contributed by atoms with Crippen molar-refractivity contribution in [3.63, 3.8) is 0 Å². The number of carbonyl (C=O) groups is 2. The van der Waals surface area contributed by atoms with E-state index < -0.39 is 6.03 Å². The van der Waals surface area contributed by atoms with Gasteiger partial charge in [0.2, 0.25) is 5.13 Å². The monoisotopic (exact) mass is 242 g/mol. The predicted octanol–water partition coefficient (Wildman–Crippen LogP) is 1.16. The molecule has 0 aliphatic heterocycles. The average Bonchev–Trinajstić information content (AvgIpc) is 2.62. The summed E-state index contributed by atoms with van der Waals surface area (Å²) in [5.41, 5.74) is -0.0864. The van der Waals surface area contributed by atoms with Crippen LogP contribution in [0.5, 0.6) is 0 Å². The van der Waals surface area contributed by atoms with Gasteiger partial charge in [0, 0.05) is 5.41 Å². The first-order valence-corrected chi connectivity index (χ1v) is 5.57. The van der Waals surface area contributed by atoms with E-state index in [1.165, 1.54) is 11.3 Å². The molecule has 0 aliphatic rings. The highest BCUT2D eigenvalue weighted by atomic mass is 32.1. The Balaban J connectivity index is 2.59. The van der Waals surface area contributed by atoms with E-state index in [0.29, 0.717) is 11.4 Å². The van der Waals surface area contributed by atoms with Crippen LogP contribution in [-0.4, -0.2) is 29.1 Å². The molecule has 2 amide bonds. The van der Waals surface area contributed by atoms with Crippen LogP contribution in [-0.2, 0) is 10.2 Å². The van der Waals surface area contributed by atoms with Crippen LogP contribution in [0.1, 0.15) is 25.8 Å². The number of aromatic nitrogens is 2. The van der Waals surface area contributed by atoms with Gasteiger partial charge in [0.05, 0.1) is 6.54 Å². The zero-order valence-corrected chi connectivity index (χ0v) is 10.2. The Morgan fingerprint density at radius 3 is 2.62 bits per heavy atom. The molecule has 0 atom stereocenters. The normalized spacial score (nSPS) is 10.9. The molecule has 0 bridgehead atoms. The summed E-state index contributed by atoms with van der Waals surface area (Å²) in [5.74, 6) is 0. The van der Waals surface area contributed by atoms with Crippen molar-refractivity contribution < 1.29 is 9.59 Å². The first-order valence-electron chi connectivity index (χ1n) is 4.76. The highest BCUT2D eigenvalue weighted by molar-refractivity contribution is 7.15. The minimum atomic E-state index is -0.455. The molecule has 1 aromatic rings. The zero-order chi connectivity index (χ0) is 12.2. The van der Waals surface area contributed by atoms with E-state index in [1.807, 2.05) is 20.8 Å². The van der Waals surface area contributed by atoms with E-state index in [1.54, 1.807) is 0 Å². The maximum absolute atomic E-state index is 11.2. The number of hydrogen-bond acceptors (Lipinski definition) is 5. The Bertz CT molecular complexity index is 383. The molecule has 1 rings (SSSR count). The van der Waals surface area contributed by atoms with E-state index in [2.05, 4.69) is 20.8 Å². The molecule has 7 heteroatoms. The van der Waals surface area contributed by atoms with Gasteiger partial charge >= 0.3 is 6.03 Å². The Morgan fingerprint density at radius 2 is 2.12 bits per heavy atom. The molecule has 0 radical (unpaired) electrons. The molecule has 0 saturated carbocycles. The molecule has 0 saturated heterocycles. The van der Waals surface area contributed by atoms with Crippen LogP contribution in [0.2, 0.25) is 0 Å². The quantitative estimate of drug-likeness (QED) is 0.779. The van der Waals surface area contributed by atoms with E-state index in [-0.39, 0.29) is 12.0 Å². The van der Waals surface area contributed by atoms with Gasteiger partial charge in [0.25, 0.3) is 0 Å². The number of anilines is 1. The zero-order valence-electron chi connectivity index (χ0n) is 9.40. The van der Waals surface area contributed by atoms with Crippen LogP contribution in [0.4, 0.5) is 9.93 Å². The molecule has 0 aromatic carbocycles. The van der Waals surface area contributed by atoms with Crippen LogP contribution < -0.4 is 10.6 Å². The number of hydrogen-bond donors (Lipinski definition) is 2. The molecule has 0 spiro atoms. The third kappa shape index (κ3) is 3.58. The molecule has 16 heavy (non-hydrogen) atoms. The molecular formula is C9H14N4O2S. The van der Waals surface area contributed by atoms with Crippen LogP contribution in [0.25, 0.3) is 0 Å². The number of carbonyl (C=O) groups excluding carboxylic acids is 2. The van der Waals surface area contributed by atoms with Gasteiger partial charge in [-0.25, -0.2) is 4.79 Å². The van der Waals surface area contributed by atoms with E-state index >= 15 is 0 Å². The second-order valence-corrected chi connectivity index (χ2v) is 5.14. The fraction of sp³-hybridized carbons (Fsp3) is 0.556. The van der Waals surface area contributed by atoms with Gasteiger partial charge in [-0.3, -0.25) is 5.32 Å². The number of urea groups is 1. The first-order chi connectivity index (χ1) is 7.43. The topological polar surface area (TPSA) is 84.0 Å². The number of aldehydes is 1. The maximum atomic E-state index is 11.2.